The van der Waals surface area contributed by atoms with Crippen molar-refractivity contribution in [3.8, 4) is 11.5 Å². The van der Waals surface area contributed by atoms with E-state index in [1.165, 1.54) is 0 Å². The Kier molecular flexibility index (Phi) is 13.8. The molecule has 32 heavy (non-hydrogen) atoms. The minimum absolute atomic E-state index is 0.207. The standard InChI is InChI=1S/C25H39Cl2NO4/c1-7-21-17-22(30-15-12-23(26)27)16-19(2)24(21)31-14-11-9-8-10-13-29-18-20(3)28-32-25(4,5)6/h12,16-17H,7-11,13-15,18H2,1-6H3. The molecule has 0 aliphatic rings. The van der Waals surface area contributed by atoms with Crippen molar-refractivity contribution >= 4 is 28.9 Å². The second-order valence-electron chi connectivity index (χ2n) is 8.73. The number of unbranched alkanes of at least 4 members (excludes halogenated alkanes) is 3. The molecule has 0 heterocycles. The number of halogens is 2. The van der Waals surface area contributed by atoms with E-state index in [9.17, 15) is 0 Å². The molecule has 0 saturated carbocycles. The minimum Gasteiger partial charge on any atom is -0.493 e. The van der Waals surface area contributed by atoms with E-state index < -0.39 is 0 Å². The quantitative estimate of drug-likeness (QED) is 0.147. The number of oxime groups is 1. The molecule has 0 atom stereocenters. The van der Waals surface area contributed by atoms with E-state index in [2.05, 4.69) is 12.1 Å². The summed E-state index contributed by atoms with van der Waals surface area (Å²) in [6, 6.07) is 4.01. The molecule has 0 aliphatic carbocycles. The van der Waals surface area contributed by atoms with Crippen LogP contribution in [0.4, 0.5) is 0 Å². The molecule has 0 aromatic heterocycles. The van der Waals surface area contributed by atoms with Gasteiger partial charge < -0.3 is 19.0 Å². The lowest BCUT2D eigenvalue weighted by Gasteiger charge is -2.16. The molecule has 1 aromatic carbocycles. The Morgan fingerprint density at radius 2 is 1.72 bits per heavy atom. The van der Waals surface area contributed by atoms with Crippen LogP contribution in [0.5, 0.6) is 11.5 Å². The van der Waals surface area contributed by atoms with Crippen molar-refractivity contribution in [2.45, 2.75) is 79.2 Å². The van der Waals surface area contributed by atoms with Crippen LogP contribution < -0.4 is 9.47 Å². The van der Waals surface area contributed by atoms with Crippen molar-refractivity contribution in [3.05, 3.63) is 33.8 Å². The number of ether oxygens (including phenoxy) is 3. The number of nitrogens with zero attached hydrogens (tertiary/aromatic N) is 1. The summed E-state index contributed by atoms with van der Waals surface area (Å²) < 4.78 is 17.7. The number of benzene rings is 1. The molecule has 0 aliphatic heterocycles. The highest BCUT2D eigenvalue weighted by atomic mass is 35.5. The summed E-state index contributed by atoms with van der Waals surface area (Å²) in [4.78, 5) is 5.38. The van der Waals surface area contributed by atoms with Gasteiger partial charge in [-0.05, 0) is 89.6 Å². The van der Waals surface area contributed by atoms with Gasteiger partial charge in [0, 0.05) is 6.61 Å². The summed E-state index contributed by atoms with van der Waals surface area (Å²) in [5.74, 6) is 1.75. The van der Waals surface area contributed by atoms with Crippen molar-refractivity contribution in [3.63, 3.8) is 0 Å². The number of rotatable bonds is 15. The molecule has 0 spiro atoms. The summed E-state index contributed by atoms with van der Waals surface area (Å²) in [6.45, 7) is 14.3. The Hall–Kier alpha value is -1.43. The molecule has 0 bridgehead atoms. The van der Waals surface area contributed by atoms with Gasteiger partial charge in [-0.1, -0.05) is 41.7 Å². The summed E-state index contributed by atoms with van der Waals surface area (Å²) in [5, 5.41) is 4.08. The lowest BCUT2D eigenvalue weighted by atomic mass is 10.1. The van der Waals surface area contributed by atoms with Crippen LogP contribution in [0.3, 0.4) is 0 Å². The highest BCUT2D eigenvalue weighted by molar-refractivity contribution is 6.55. The topological polar surface area (TPSA) is 49.3 Å². The predicted octanol–water partition coefficient (Wildman–Crippen LogP) is 7.40. The molecule has 5 nitrogen and oxygen atoms in total. The Labute approximate surface area is 204 Å². The maximum absolute atomic E-state index is 6.10. The van der Waals surface area contributed by atoms with E-state index in [0.29, 0.717) is 19.8 Å². The Bertz CT molecular complexity index is 738. The van der Waals surface area contributed by atoms with Gasteiger partial charge in [-0.3, -0.25) is 0 Å². The highest BCUT2D eigenvalue weighted by Gasteiger charge is 2.11. The van der Waals surface area contributed by atoms with Crippen molar-refractivity contribution in [2.24, 2.45) is 5.16 Å². The lowest BCUT2D eigenvalue weighted by molar-refractivity contribution is -0.000650. The normalized spacial score (nSPS) is 11.9. The largest absolute Gasteiger partial charge is 0.493 e. The van der Waals surface area contributed by atoms with Gasteiger partial charge >= 0.3 is 0 Å². The molecule has 0 fully saturated rings. The fraction of sp³-hybridized carbons (Fsp3) is 0.640. The van der Waals surface area contributed by atoms with Gasteiger partial charge in [-0.2, -0.15) is 0 Å². The van der Waals surface area contributed by atoms with Crippen LogP contribution in [-0.2, 0) is 16.0 Å². The predicted molar refractivity (Wildman–Crippen MR) is 135 cm³/mol. The zero-order chi connectivity index (χ0) is 24.0. The second kappa shape index (κ2) is 15.4. The first-order valence-corrected chi connectivity index (χ1v) is 12.1. The number of hydrogen-bond acceptors (Lipinski definition) is 5. The molecule has 0 amide bonds. The van der Waals surface area contributed by atoms with Crippen molar-refractivity contribution in [1.29, 1.82) is 0 Å². The van der Waals surface area contributed by atoms with Gasteiger partial charge in [0.1, 0.15) is 28.2 Å². The third-order valence-corrected chi connectivity index (χ3v) is 4.72. The lowest BCUT2D eigenvalue weighted by Crippen LogP contribution is -2.17. The minimum atomic E-state index is -0.272. The van der Waals surface area contributed by atoms with Crippen LogP contribution in [-0.4, -0.2) is 37.7 Å². The van der Waals surface area contributed by atoms with E-state index in [4.69, 9.17) is 42.3 Å². The Morgan fingerprint density at radius 1 is 1.03 bits per heavy atom. The molecule has 1 aromatic rings. The highest BCUT2D eigenvalue weighted by Crippen LogP contribution is 2.30. The molecule has 7 heteroatoms. The van der Waals surface area contributed by atoms with Crippen molar-refractivity contribution in [1.82, 2.24) is 0 Å². The third-order valence-electron chi connectivity index (χ3n) is 4.41. The van der Waals surface area contributed by atoms with Crippen LogP contribution in [0.15, 0.2) is 27.9 Å². The fourth-order valence-electron chi connectivity index (χ4n) is 2.86. The number of aryl methyl sites for hydroxylation is 2. The van der Waals surface area contributed by atoms with Crippen LogP contribution in [0.1, 0.15) is 71.4 Å². The summed E-state index contributed by atoms with van der Waals surface area (Å²) >= 11 is 11.3. The average Bonchev–Trinajstić information content (AvgIpc) is 2.71. The van der Waals surface area contributed by atoms with E-state index in [1.807, 2.05) is 46.8 Å². The maximum atomic E-state index is 6.10. The van der Waals surface area contributed by atoms with Crippen LogP contribution in [0.2, 0.25) is 0 Å². The molecular formula is C25H39Cl2NO4. The van der Waals surface area contributed by atoms with Crippen molar-refractivity contribution < 1.29 is 19.0 Å². The first-order valence-electron chi connectivity index (χ1n) is 11.3. The van der Waals surface area contributed by atoms with Gasteiger partial charge in [-0.15, -0.1) is 0 Å². The van der Waals surface area contributed by atoms with Gasteiger partial charge in [0.15, 0.2) is 0 Å². The molecule has 0 unspecified atom stereocenters. The fourth-order valence-corrected chi connectivity index (χ4v) is 2.99. The van der Waals surface area contributed by atoms with E-state index in [0.717, 1.165) is 67.0 Å². The molecule has 0 radical (unpaired) electrons. The molecule has 0 N–H and O–H groups in total. The zero-order valence-electron chi connectivity index (χ0n) is 20.4. The maximum Gasteiger partial charge on any atom is 0.129 e. The first-order chi connectivity index (χ1) is 15.1. The Balaban J connectivity index is 2.26. The molecule has 0 saturated heterocycles. The van der Waals surface area contributed by atoms with Gasteiger partial charge in [0.05, 0.1) is 18.9 Å². The molecular weight excluding hydrogens is 449 g/mol. The number of hydrogen-bond donors (Lipinski definition) is 0. The van der Waals surface area contributed by atoms with Crippen LogP contribution in [0, 0.1) is 6.92 Å². The smallest absolute Gasteiger partial charge is 0.129 e. The van der Waals surface area contributed by atoms with E-state index >= 15 is 0 Å². The second-order valence-corrected chi connectivity index (χ2v) is 9.74. The first kappa shape index (κ1) is 28.6. The monoisotopic (exact) mass is 487 g/mol. The van der Waals surface area contributed by atoms with Gasteiger partial charge in [-0.25, -0.2) is 0 Å². The van der Waals surface area contributed by atoms with Crippen molar-refractivity contribution in [2.75, 3.05) is 26.4 Å². The summed E-state index contributed by atoms with van der Waals surface area (Å²) in [6.07, 6.45) is 6.76. The summed E-state index contributed by atoms with van der Waals surface area (Å²) in [7, 11) is 0. The SMILES string of the molecule is CCc1cc(OCC=C(Cl)Cl)cc(C)c1OCCCCCCOCC(C)=NOC(C)(C)C. The van der Waals surface area contributed by atoms with Crippen LogP contribution in [0.25, 0.3) is 0 Å². The zero-order valence-corrected chi connectivity index (χ0v) is 21.9. The average molecular weight is 488 g/mol. The molecule has 1 rings (SSSR count). The third kappa shape index (κ3) is 13.2. The van der Waals surface area contributed by atoms with E-state index in [1.54, 1.807) is 6.08 Å². The molecule has 182 valence electrons. The van der Waals surface area contributed by atoms with Gasteiger partial charge in [0.2, 0.25) is 0 Å². The van der Waals surface area contributed by atoms with Crippen LogP contribution >= 0.6 is 23.2 Å². The van der Waals surface area contributed by atoms with Gasteiger partial charge in [0.25, 0.3) is 0 Å². The van der Waals surface area contributed by atoms with E-state index in [-0.39, 0.29) is 10.1 Å². The Morgan fingerprint density at radius 3 is 2.34 bits per heavy atom. The summed E-state index contributed by atoms with van der Waals surface area (Å²) in [5.41, 5.74) is 2.79.